The molecule has 5 nitrogen and oxygen atoms in total. The Morgan fingerprint density at radius 3 is 2.38 bits per heavy atom. The number of nitrogens with two attached hydrogens (primary N) is 1. The molecular weight excluding hydrogens is 283 g/mol. The van der Waals surface area contributed by atoms with E-state index in [0.717, 1.165) is 18.4 Å². The van der Waals surface area contributed by atoms with Gasteiger partial charge in [-0.25, -0.2) is 15.8 Å². The second-order valence-electron chi connectivity index (χ2n) is 4.86. The van der Waals surface area contributed by atoms with Crippen molar-refractivity contribution in [1.82, 2.24) is 9.97 Å². The fourth-order valence-electron chi connectivity index (χ4n) is 1.87. The monoisotopic (exact) mass is 305 g/mol. The number of anilines is 2. The molecule has 0 radical (unpaired) electrons. The Morgan fingerprint density at radius 1 is 1.14 bits per heavy atom. The topological polar surface area (TPSA) is 75.9 Å². The highest BCUT2D eigenvalue weighted by Crippen LogP contribution is 2.23. The van der Waals surface area contributed by atoms with Gasteiger partial charge in [0.1, 0.15) is 17.5 Å². The number of aromatic nitrogens is 2. The van der Waals surface area contributed by atoms with Gasteiger partial charge in [0.2, 0.25) is 0 Å². The highest BCUT2D eigenvalue weighted by Gasteiger charge is 2.25. The van der Waals surface area contributed by atoms with Crippen molar-refractivity contribution in [2.45, 2.75) is 52.1 Å². The summed E-state index contributed by atoms with van der Waals surface area (Å²) in [6, 6.07) is 0. The van der Waals surface area contributed by atoms with Crippen LogP contribution in [0, 0.1) is 6.92 Å². The van der Waals surface area contributed by atoms with Gasteiger partial charge in [0.05, 0.1) is 0 Å². The molecule has 0 spiro atoms. The van der Waals surface area contributed by atoms with Gasteiger partial charge in [-0.1, -0.05) is 6.92 Å². The summed E-state index contributed by atoms with van der Waals surface area (Å²) in [6.45, 7) is 4.26. The summed E-state index contributed by atoms with van der Waals surface area (Å²) in [5.74, 6) is 7.23. The zero-order valence-electron chi connectivity index (χ0n) is 12.3. The van der Waals surface area contributed by atoms with Gasteiger partial charge in [0, 0.05) is 24.9 Å². The summed E-state index contributed by atoms with van der Waals surface area (Å²) in [4.78, 5) is 8.66. The van der Waals surface area contributed by atoms with Crippen LogP contribution in [0.3, 0.4) is 0 Å². The molecule has 0 aliphatic heterocycles. The Balaban J connectivity index is 2.59. The Kier molecular flexibility index (Phi) is 6.67. The molecule has 0 aliphatic carbocycles. The molecule has 1 heterocycles. The van der Waals surface area contributed by atoms with Crippen molar-refractivity contribution >= 4 is 11.6 Å². The van der Waals surface area contributed by atoms with E-state index in [9.17, 15) is 13.2 Å². The SMILES string of the molecule is CCCc1nc(NN)c(C)c(NCCCCC(F)(F)F)n1. The summed E-state index contributed by atoms with van der Waals surface area (Å²) in [7, 11) is 0. The molecule has 120 valence electrons. The third kappa shape index (κ3) is 6.16. The van der Waals surface area contributed by atoms with E-state index < -0.39 is 12.6 Å². The van der Waals surface area contributed by atoms with Crippen molar-refractivity contribution in [2.24, 2.45) is 5.84 Å². The maximum absolute atomic E-state index is 12.0. The zero-order valence-corrected chi connectivity index (χ0v) is 12.3. The lowest BCUT2D eigenvalue weighted by Crippen LogP contribution is -2.15. The predicted molar refractivity (Wildman–Crippen MR) is 77.0 cm³/mol. The molecule has 1 aromatic heterocycles. The number of nitrogens with one attached hydrogen (secondary N) is 2. The first-order valence-electron chi connectivity index (χ1n) is 7.02. The molecule has 1 rings (SSSR count). The fraction of sp³-hybridized carbons (Fsp3) is 0.692. The summed E-state index contributed by atoms with van der Waals surface area (Å²) < 4.78 is 36.1. The molecule has 0 amide bonds. The number of halogens is 3. The molecule has 0 saturated heterocycles. The molecule has 0 aliphatic rings. The molecule has 0 bridgehead atoms. The van der Waals surface area contributed by atoms with Gasteiger partial charge >= 0.3 is 6.18 Å². The van der Waals surface area contributed by atoms with E-state index in [0.29, 0.717) is 30.4 Å². The van der Waals surface area contributed by atoms with Gasteiger partial charge in [-0.2, -0.15) is 13.2 Å². The van der Waals surface area contributed by atoms with Crippen LogP contribution >= 0.6 is 0 Å². The van der Waals surface area contributed by atoms with Gasteiger partial charge in [0.15, 0.2) is 0 Å². The molecule has 1 aromatic rings. The van der Waals surface area contributed by atoms with E-state index >= 15 is 0 Å². The summed E-state index contributed by atoms with van der Waals surface area (Å²) in [5.41, 5.74) is 3.27. The average Bonchev–Trinajstić information content (AvgIpc) is 2.40. The van der Waals surface area contributed by atoms with Crippen molar-refractivity contribution in [3.8, 4) is 0 Å². The number of aryl methyl sites for hydroxylation is 1. The molecule has 0 aromatic carbocycles. The maximum atomic E-state index is 12.0. The van der Waals surface area contributed by atoms with Crippen LogP contribution in [-0.4, -0.2) is 22.7 Å². The van der Waals surface area contributed by atoms with Crippen LogP contribution in [0.4, 0.5) is 24.8 Å². The lowest BCUT2D eigenvalue weighted by Gasteiger charge is -2.13. The lowest BCUT2D eigenvalue weighted by atomic mass is 10.2. The van der Waals surface area contributed by atoms with Crippen molar-refractivity contribution in [1.29, 1.82) is 0 Å². The van der Waals surface area contributed by atoms with Gasteiger partial charge < -0.3 is 10.7 Å². The molecule has 21 heavy (non-hydrogen) atoms. The van der Waals surface area contributed by atoms with Crippen LogP contribution in [0.2, 0.25) is 0 Å². The van der Waals surface area contributed by atoms with Crippen LogP contribution in [0.15, 0.2) is 0 Å². The van der Waals surface area contributed by atoms with Gasteiger partial charge in [-0.3, -0.25) is 0 Å². The van der Waals surface area contributed by atoms with Crippen molar-refractivity contribution in [3.63, 3.8) is 0 Å². The number of alkyl halides is 3. The minimum absolute atomic E-state index is 0.102. The van der Waals surface area contributed by atoms with Gasteiger partial charge in [-0.15, -0.1) is 0 Å². The fourth-order valence-corrected chi connectivity index (χ4v) is 1.87. The zero-order chi connectivity index (χ0) is 15.9. The van der Waals surface area contributed by atoms with E-state index in [-0.39, 0.29) is 6.42 Å². The quantitative estimate of drug-likeness (QED) is 0.391. The van der Waals surface area contributed by atoms with Crippen LogP contribution in [0.25, 0.3) is 0 Å². The van der Waals surface area contributed by atoms with E-state index in [1.54, 1.807) is 0 Å². The van der Waals surface area contributed by atoms with Crippen LogP contribution in [0.1, 0.15) is 44.0 Å². The third-order valence-electron chi connectivity index (χ3n) is 2.98. The molecule has 0 fully saturated rings. The number of hydrogen-bond acceptors (Lipinski definition) is 5. The third-order valence-corrected chi connectivity index (χ3v) is 2.98. The summed E-state index contributed by atoms with van der Waals surface area (Å²) in [6.07, 6.45) is -2.69. The minimum Gasteiger partial charge on any atom is -0.370 e. The van der Waals surface area contributed by atoms with Gasteiger partial charge in [-0.05, 0) is 26.2 Å². The minimum atomic E-state index is -4.09. The van der Waals surface area contributed by atoms with Crippen molar-refractivity contribution in [2.75, 3.05) is 17.3 Å². The number of rotatable bonds is 8. The Bertz CT molecular complexity index is 448. The van der Waals surface area contributed by atoms with Gasteiger partial charge in [0.25, 0.3) is 0 Å². The summed E-state index contributed by atoms with van der Waals surface area (Å²) in [5, 5.41) is 3.06. The standard InChI is InChI=1S/C13H22F3N5/c1-3-6-10-19-11(9(2)12(20-10)21-17)18-8-5-4-7-13(14,15)16/h3-8,17H2,1-2H3,(H2,18,19,20,21). The number of hydrazine groups is 1. The first kappa shape index (κ1) is 17.5. The van der Waals surface area contributed by atoms with Crippen LogP contribution < -0.4 is 16.6 Å². The van der Waals surface area contributed by atoms with Crippen molar-refractivity contribution < 1.29 is 13.2 Å². The maximum Gasteiger partial charge on any atom is 0.389 e. The second kappa shape index (κ2) is 8.02. The number of unbranched alkanes of at least 4 members (excludes halogenated alkanes) is 1. The Labute approximate surface area is 122 Å². The molecule has 0 unspecified atom stereocenters. The van der Waals surface area contributed by atoms with Crippen molar-refractivity contribution in [3.05, 3.63) is 11.4 Å². The van der Waals surface area contributed by atoms with Crippen LogP contribution in [-0.2, 0) is 6.42 Å². The second-order valence-corrected chi connectivity index (χ2v) is 4.86. The molecule has 4 N–H and O–H groups in total. The van der Waals surface area contributed by atoms with Crippen LogP contribution in [0.5, 0.6) is 0 Å². The number of hydrogen-bond donors (Lipinski definition) is 3. The highest BCUT2D eigenvalue weighted by molar-refractivity contribution is 5.56. The van der Waals surface area contributed by atoms with E-state index in [1.165, 1.54) is 0 Å². The molecular formula is C13H22F3N5. The molecule has 0 saturated carbocycles. The Hall–Kier alpha value is -1.57. The normalized spacial score (nSPS) is 11.5. The first-order chi connectivity index (χ1) is 9.87. The summed E-state index contributed by atoms with van der Waals surface area (Å²) >= 11 is 0. The van der Waals surface area contributed by atoms with E-state index in [2.05, 4.69) is 20.7 Å². The van der Waals surface area contributed by atoms with E-state index in [1.807, 2.05) is 13.8 Å². The first-order valence-corrected chi connectivity index (χ1v) is 7.02. The number of nitrogen functional groups attached to an aromatic ring is 1. The Morgan fingerprint density at radius 2 is 1.81 bits per heavy atom. The predicted octanol–water partition coefficient (Wildman–Crippen LogP) is 3.17. The average molecular weight is 305 g/mol. The number of nitrogens with zero attached hydrogens (tertiary/aromatic N) is 2. The molecule has 8 heteroatoms. The lowest BCUT2D eigenvalue weighted by molar-refractivity contribution is -0.135. The van der Waals surface area contributed by atoms with E-state index in [4.69, 9.17) is 5.84 Å². The smallest absolute Gasteiger partial charge is 0.370 e. The molecule has 0 atom stereocenters. The highest BCUT2D eigenvalue weighted by atomic mass is 19.4. The largest absolute Gasteiger partial charge is 0.389 e.